The molecule has 0 atom stereocenters. The Kier molecular flexibility index (Phi) is 8.39. The van der Waals surface area contributed by atoms with Crippen LogP contribution in [-0.4, -0.2) is 4.57 Å². The van der Waals surface area contributed by atoms with Crippen molar-refractivity contribution >= 4 is 81.1 Å². The lowest BCUT2D eigenvalue weighted by Crippen LogP contribution is -2.10. The molecule has 12 rings (SSSR count). The number of thiophene rings is 1. The molecular formula is C58H38N2S. The van der Waals surface area contributed by atoms with Crippen LogP contribution in [0.25, 0.3) is 91.8 Å². The highest BCUT2D eigenvalue weighted by Gasteiger charge is 2.18. The van der Waals surface area contributed by atoms with Crippen LogP contribution in [0.3, 0.4) is 0 Å². The van der Waals surface area contributed by atoms with Gasteiger partial charge < -0.3 is 9.47 Å². The molecule has 10 aromatic carbocycles. The van der Waals surface area contributed by atoms with Crippen molar-refractivity contribution in [2.45, 2.75) is 0 Å². The van der Waals surface area contributed by atoms with Crippen LogP contribution in [0.2, 0.25) is 0 Å². The van der Waals surface area contributed by atoms with Crippen LogP contribution < -0.4 is 4.90 Å². The van der Waals surface area contributed by atoms with E-state index in [9.17, 15) is 0 Å². The van der Waals surface area contributed by atoms with Crippen LogP contribution in [-0.2, 0) is 0 Å². The van der Waals surface area contributed by atoms with E-state index < -0.39 is 0 Å². The molecule has 0 saturated heterocycles. The second-order valence-corrected chi connectivity index (χ2v) is 16.8. The van der Waals surface area contributed by atoms with E-state index >= 15 is 0 Å². The molecule has 0 fully saturated rings. The van der Waals surface area contributed by atoms with Crippen LogP contribution in [0.1, 0.15) is 0 Å². The van der Waals surface area contributed by atoms with Gasteiger partial charge in [0.2, 0.25) is 0 Å². The zero-order valence-corrected chi connectivity index (χ0v) is 34.1. The summed E-state index contributed by atoms with van der Waals surface area (Å²) in [5, 5.41) is 7.65. The Labute approximate surface area is 358 Å². The number of aromatic nitrogens is 1. The summed E-state index contributed by atoms with van der Waals surface area (Å²) in [6, 6.07) is 84.1. The summed E-state index contributed by atoms with van der Waals surface area (Å²) in [7, 11) is 0. The van der Waals surface area contributed by atoms with Gasteiger partial charge in [-0.1, -0.05) is 170 Å². The highest BCUT2D eigenvalue weighted by molar-refractivity contribution is 7.26. The van der Waals surface area contributed by atoms with Crippen molar-refractivity contribution in [1.29, 1.82) is 0 Å². The largest absolute Gasteiger partial charge is 0.310 e. The van der Waals surface area contributed by atoms with Gasteiger partial charge in [0, 0.05) is 59.1 Å². The first-order valence-electron chi connectivity index (χ1n) is 20.8. The summed E-state index contributed by atoms with van der Waals surface area (Å²) in [5.41, 5.74) is 14.1. The molecule has 0 amide bonds. The van der Waals surface area contributed by atoms with Gasteiger partial charge in [0.05, 0.1) is 11.0 Å². The normalized spacial score (nSPS) is 11.6. The maximum atomic E-state index is 2.44. The second kappa shape index (κ2) is 14.5. The fourth-order valence-corrected chi connectivity index (χ4v) is 10.5. The molecular weight excluding hydrogens is 757 g/mol. The summed E-state index contributed by atoms with van der Waals surface area (Å²) in [6.07, 6.45) is 0. The molecule has 0 bridgehead atoms. The third-order valence-electron chi connectivity index (χ3n) is 12.2. The molecule has 2 heterocycles. The van der Waals surface area contributed by atoms with Gasteiger partial charge in [0.25, 0.3) is 0 Å². The van der Waals surface area contributed by atoms with Gasteiger partial charge in [0.1, 0.15) is 0 Å². The lowest BCUT2D eigenvalue weighted by atomic mass is 10.0. The van der Waals surface area contributed by atoms with Crippen molar-refractivity contribution in [2.24, 2.45) is 0 Å². The van der Waals surface area contributed by atoms with E-state index in [1.54, 1.807) is 0 Å². The zero-order valence-electron chi connectivity index (χ0n) is 33.2. The van der Waals surface area contributed by atoms with Crippen molar-refractivity contribution in [1.82, 2.24) is 4.57 Å². The lowest BCUT2D eigenvalue weighted by molar-refractivity contribution is 1.19. The average Bonchev–Trinajstić information content (AvgIpc) is 3.89. The smallest absolute Gasteiger partial charge is 0.0619 e. The highest BCUT2D eigenvalue weighted by Crippen LogP contribution is 2.43. The summed E-state index contributed by atoms with van der Waals surface area (Å²) in [4.78, 5) is 2.38. The molecule has 12 aromatic rings. The van der Waals surface area contributed by atoms with Crippen molar-refractivity contribution < 1.29 is 0 Å². The fraction of sp³-hybridized carbons (Fsp3) is 0. The number of nitrogens with zero attached hydrogens (tertiary/aromatic N) is 2. The molecule has 61 heavy (non-hydrogen) atoms. The first-order valence-corrected chi connectivity index (χ1v) is 21.6. The molecule has 0 aliphatic carbocycles. The quantitative estimate of drug-likeness (QED) is 0.156. The summed E-state index contributed by atoms with van der Waals surface area (Å²) < 4.78 is 5.09. The topological polar surface area (TPSA) is 8.17 Å². The van der Waals surface area contributed by atoms with Gasteiger partial charge >= 0.3 is 0 Å². The predicted molar refractivity (Wildman–Crippen MR) is 262 cm³/mol. The van der Waals surface area contributed by atoms with Gasteiger partial charge in [-0.25, -0.2) is 0 Å². The van der Waals surface area contributed by atoms with Gasteiger partial charge in [-0.05, 0) is 99.4 Å². The number of para-hydroxylation sites is 1. The van der Waals surface area contributed by atoms with Crippen LogP contribution in [0.5, 0.6) is 0 Å². The Hall–Kier alpha value is -7.72. The summed E-state index contributed by atoms with van der Waals surface area (Å²) in [5.74, 6) is 0. The zero-order chi connectivity index (χ0) is 40.3. The maximum absolute atomic E-state index is 2.44. The van der Waals surface area contributed by atoms with Crippen molar-refractivity contribution in [2.75, 3.05) is 4.90 Å². The SMILES string of the molecule is c1ccc(-c2cccc(N(c3ccc(-c4ccc5c6ccc7ccccc7c6n(-c6ccccc6)c5c4)cc3)c3ccc(-c4cccc5c4sc4ccccc45)cc3)c2)cc1. The third kappa shape index (κ3) is 6.01. The fourth-order valence-electron chi connectivity index (χ4n) is 9.27. The van der Waals surface area contributed by atoms with Gasteiger partial charge in [-0.2, -0.15) is 0 Å². The molecule has 0 aliphatic heterocycles. The van der Waals surface area contributed by atoms with Crippen LogP contribution in [0, 0.1) is 0 Å². The van der Waals surface area contributed by atoms with Crippen molar-refractivity contribution in [3.8, 4) is 39.1 Å². The van der Waals surface area contributed by atoms with Gasteiger partial charge in [-0.15, -0.1) is 11.3 Å². The summed E-state index contributed by atoms with van der Waals surface area (Å²) >= 11 is 1.88. The molecule has 0 radical (unpaired) electrons. The number of rotatable bonds is 7. The number of hydrogen-bond acceptors (Lipinski definition) is 2. The Bertz CT molecular complexity index is 3560. The molecule has 2 aromatic heterocycles. The molecule has 0 aliphatic rings. The molecule has 0 spiro atoms. The van der Waals surface area contributed by atoms with E-state index in [0.29, 0.717) is 0 Å². The number of fused-ring (bicyclic) bond motifs is 8. The first kappa shape index (κ1) is 35.2. The number of anilines is 3. The first-order chi connectivity index (χ1) is 30.2. The third-order valence-corrected chi connectivity index (χ3v) is 13.4. The Morgan fingerprint density at radius 3 is 1.74 bits per heavy atom. The van der Waals surface area contributed by atoms with E-state index in [1.165, 1.54) is 86.1 Å². The average molecular weight is 795 g/mol. The predicted octanol–water partition coefficient (Wildman–Crippen LogP) is 16.8. The Morgan fingerprint density at radius 1 is 0.344 bits per heavy atom. The van der Waals surface area contributed by atoms with Crippen LogP contribution >= 0.6 is 11.3 Å². The van der Waals surface area contributed by atoms with E-state index in [-0.39, 0.29) is 0 Å². The molecule has 0 N–H and O–H groups in total. The minimum atomic E-state index is 1.10. The van der Waals surface area contributed by atoms with Crippen LogP contribution in [0.4, 0.5) is 17.1 Å². The maximum Gasteiger partial charge on any atom is 0.0619 e. The second-order valence-electron chi connectivity index (χ2n) is 15.7. The van der Waals surface area contributed by atoms with Crippen LogP contribution in [0.15, 0.2) is 231 Å². The van der Waals surface area contributed by atoms with E-state index in [0.717, 1.165) is 22.7 Å². The Balaban J connectivity index is 0.967. The lowest BCUT2D eigenvalue weighted by Gasteiger charge is -2.26. The molecule has 2 nitrogen and oxygen atoms in total. The van der Waals surface area contributed by atoms with E-state index in [2.05, 4.69) is 240 Å². The van der Waals surface area contributed by atoms with E-state index in [1.807, 2.05) is 11.3 Å². The molecule has 286 valence electrons. The highest BCUT2D eigenvalue weighted by atomic mass is 32.1. The molecule has 3 heteroatoms. The monoisotopic (exact) mass is 794 g/mol. The van der Waals surface area contributed by atoms with E-state index in [4.69, 9.17) is 0 Å². The summed E-state index contributed by atoms with van der Waals surface area (Å²) in [6.45, 7) is 0. The van der Waals surface area contributed by atoms with Crippen molar-refractivity contribution in [3.63, 3.8) is 0 Å². The molecule has 0 saturated carbocycles. The molecule has 0 unspecified atom stereocenters. The van der Waals surface area contributed by atoms with Crippen molar-refractivity contribution in [3.05, 3.63) is 231 Å². The minimum Gasteiger partial charge on any atom is -0.310 e. The number of hydrogen-bond donors (Lipinski definition) is 0. The van der Waals surface area contributed by atoms with Gasteiger partial charge in [-0.3, -0.25) is 0 Å². The minimum absolute atomic E-state index is 1.10. The number of benzene rings is 10. The van der Waals surface area contributed by atoms with Gasteiger partial charge in [0.15, 0.2) is 0 Å². The standard InChI is InChI=1S/C58H38N2S/c1-3-13-39(14-4-1)43-16-11-19-48(37-43)59(47-33-27-42(28-34-47)50-22-12-23-54-52-21-9-10-24-56(52)61-58(50)54)46-31-25-40(26-32-46)44-30-35-51-53-36-29-41-15-7-8-20-49(41)57(53)60(55(51)38-44)45-17-5-2-6-18-45/h1-38H. The Morgan fingerprint density at radius 2 is 0.934 bits per heavy atom.